The molecule has 31 heteroatoms. The van der Waals surface area contributed by atoms with E-state index in [0.717, 1.165) is 31.1 Å². The van der Waals surface area contributed by atoms with Crippen LogP contribution in [0.2, 0.25) is 0 Å². The Morgan fingerprint density at radius 2 is 1.28 bits per heavy atom. The zero-order valence-electron chi connectivity index (χ0n) is 53.3. The van der Waals surface area contributed by atoms with Gasteiger partial charge in [-0.1, -0.05) is 44.9 Å². The second-order valence-corrected chi connectivity index (χ2v) is 29.4. The van der Waals surface area contributed by atoms with Crippen LogP contribution in [0.25, 0.3) is 0 Å². The Hall–Kier alpha value is -2.59. The number of aliphatic hydroxyl groups is 11. The Labute approximate surface area is 534 Å². The first-order chi connectivity index (χ1) is 43.1. The summed E-state index contributed by atoms with van der Waals surface area (Å²) >= 11 is 0. The van der Waals surface area contributed by atoms with Crippen LogP contribution in [0, 0.1) is 39.4 Å². The average Bonchev–Trinajstić information content (AvgIpc) is 1.47. The summed E-state index contributed by atoms with van der Waals surface area (Å²) in [5.41, 5.74) is -1.53. The topological polar surface area (TPSA) is 440 Å². The number of methoxy groups -OCH3 is 1. The molecule has 526 valence electrons. The Morgan fingerprint density at radius 3 is 1.90 bits per heavy atom. The molecular formula is C61H96O30S. The van der Waals surface area contributed by atoms with Gasteiger partial charge in [0, 0.05) is 19.4 Å². The van der Waals surface area contributed by atoms with Gasteiger partial charge in [0.05, 0.1) is 50.0 Å². The van der Waals surface area contributed by atoms with Crippen LogP contribution in [0.1, 0.15) is 113 Å². The van der Waals surface area contributed by atoms with Gasteiger partial charge in [-0.25, -0.2) is 4.18 Å². The molecule has 6 aliphatic heterocycles. The van der Waals surface area contributed by atoms with Gasteiger partial charge >= 0.3 is 22.3 Å². The largest absolute Gasteiger partial charge is 0.462 e. The van der Waals surface area contributed by atoms with E-state index in [1.54, 1.807) is 0 Å². The number of cyclic esters (lactones) is 1. The standard InChI is InChI=1S/C61H96O30S/c1-25(2)12-11-17-60(9)50-31(82-27(4)64)20-59(8)29-13-14-35-57(5,6)36(16-18-58(35,7)28(29)15-19-61(50,59)56(74)90-60)85-54-48(40(69)34(24-80-54)91-92(75,76)77)89-55-49(88-51-41(70)37(66)30(65)23-79-51)42(71)45(26(3)81-55)86-53-44(73)47(39(68)33(22-63)84-53)87-52-43(72)46(78-10)38(67)32(21-62)83-52/h13,26,28,30-55,62-63,65-73H,1,11-12,14-24H2,2-10H3,(H,75,76,77). The second-order valence-electron chi connectivity index (χ2n) is 28.4. The molecule has 6 heterocycles. The predicted octanol–water partition coefficient (Wildman–Crippen LogP) is -1.56. The minimum absolute atomic E-state index is 0.0205. The van der Waals surface area contributed by atoms with Crippen molar-refractivity contribution < 1.29 is 144 Å². The highest BCUT2D eigenvalue weighted by Gasteiger charge is 2.79. The molecule has 6 saturated heterocycles. The van der Waals surface area contributed by atoms with Crippen molar-refractivity contribution in [1.29, 1.82) is 0 Å². The van der Waals surface area contributed by atoms with Gasteiger partial charge in [0.25, 0.3) is 0 Å². The third kappa shape index (κ3) is 12.8. The van der Waals surface area contributed by atoms with E-state index in [4.69, 9.17) is 65.8 Å². The molecule has 10 aliphatic rings. The predicted molar refractivity (Wildman–Crippen MR) is 308 cm³/mol. The van der Waals surface area contributed by atoms with Crippen LogP contribution in [0.3, 0.4) is 0 Å². The monoisotopic (exact) mass is 1340 g/mol. The highest BCUT2D eigenvalue weighted by Crippen LogP contribution is 2.77. The smallest absolute Gasteiger partial charge is 0.397 e. The lowest BCUT2D eigenvalue weighted by atomic mass is 9.41. The molecule has 30 nitrogen and oxygen atoms in total. The van der Waals surface area contributed by atoms with E-state index in [9.17, 15) is 78.7 Å². The first-order valence-corrected chi connectivity index (χ1v) is 33.2. The summed E-state index contributed by atoms with van der Waals surface area (Å²) in [5, 5.41) is 122. The number of allylic oxidation sites excluding steroid dienone is 3. The first kappa shape index (κ1) is 72.2. The van der Waals surface area contributed by atoms with Crippen molar-refractivity contribution in [2.24, 2.45) is 39.4 Å². The van der Waals surface area contributed by atoms with Crippen LogP contribution in [0.5, 0.6) is 0 Å². The van der Waals surface area contributed by atoms with Gasteiger partial charge in [-0.2, -0.15) is 8.42 Å². The van der Waals surface area contributed by atoms with Gasteiger partial charge < -0.3 is 118 Å². The van der Waals surface area contributed by atoms with Gasteiger partial charge in [0.1, 0.15) is 115 Å². The molecule has 0 aromatic rings. The lowest BCUT2D eigenvalue weighted by Crippen LogP contribution is -2.68. The van der Waals surface area contributed by atoms with E-state index in [1.807, 2.05) is 13.8 Å². The molecule has 1 spiro atoms. The summed E-state index contributed by atoms with van der Waals surface area (Å²) in [7, 11) is -4.12. The van der Waals surface area contributed by atoms with Gasteiger partial charge in [-0.3, -0.25) is 14.1 Å². The molecule has 10 rings (SSSR count). The number of esters is 2. The van der Waals surface area contributed by atoms with Gasteiger partial charge in [-0.15, -0.1) is 6.58 Å². The maximum atomic E-state index is 14.8. The zero-order chi connectivity index (χ0) is 67.3. The zero-order valence-corrected chi connectivity index (χ0v) is 54.1. The molecule has 9 fully saturated rings. The van der Waals surface area contributed by atoms with Crippen LogP contribution in [-0.4, -0.2) is 274 Å². The fourth-order valence-corrected chi connectivity index (χ4v) is 18.3. The third-order valence-corrected chi connectivity index (χ3v) is 22.8. The molecule has 92 heavy (non-hydrogen) atoms. The lowest BCUT2D eigenvalue weighted by Gasteiger charge is -2.64. The molecule has 12 N–H and O–H groups in total. The number of carbonyl (C=O) groups excluding carboxylic acids is 2. The van der Waals surface area contributed by atoms with E-state index >= 15 is 0 Å². The minimum atomic E-state index is -5.28. The summed E-state index contributed by atoms with van der Waals surface area (Å²) in [6.45, 7) is 16.3. The highest BCUT2D eigenvalue weighted by atomic mass is 32.3. The molecule has 0 amide bonds. The Bertz CT molecular complexity index is 2780. The normalized spacial score (nSPS) is 50.1. The van der Waals surface area contributed by atoms with Crippen molar-refractivity contribution in [3.63, 3.8) is 0 Å². The van der Waals surface area contributed by atoms with E-state index in [2.05, 4.69) is 40.3 Å². The molecule has 32 atom stereocenters. The maximum absolute atomic E-state index is 14.8. The second kappa shape index (κ2) is 27.3. The average molecular weight is 1340 g/mol. The Morgan fingerprint density at radius 1 is 0.685 bits per heavy atom. The van der Waals surface area contributed by atoms with E-state index in [-0.39, 0.29) is 17.8 Å². The van der Waals surface area contributed by atoms with Gasteiger partial charge in [0.2, 0.25) is 0 Å². The fourth-order valence-electron chi connectivity index (χ4n) is 17.8. The van der Waals surface area contributed by atoms with Crippen LogP contribution in [0.15, 0.2) is 23.8 Å². The van der Waals surface area contributed by atoms with Crippen LogP contribution in [0.4, 0.5) is 0 Å². The summed E-state index contributed by atoms with van der Waals surface area (Å²) in [6, 6.07) is 0. The van der Waals surface area contributed by atoms with Crippen molar-refractivity contribution in [2.45, 2.75) is 272 Å². The molecule has 3 saturated carbocycles. The van der Waals surface area contributed by atoms with Gasteiger partial charge in [0.15, 0.2) is 31.5 Å². The molecule has 0 aromatic carbocycles. The summed E-state index contributed by atoms with van der Waals surface area (Å²) in [5.74, 6) is -1.21. The number of fused-ring (bicyclic) bond motifs is 4. The Kier molecular flexibility index (Phi) is 21.4. The maximum Gasteiger partial charge on any atom is 0.397 e. The quantitative estimate of drug-likeness (QED) is 0.0373. The van der Waals surface area contributed by atoms with Crippen LogP contribution in [-0.2, 0) is 85.8 Å². The summed E-state index contributed by atoms with van der Waals surface area (Å²) in [6.07, 6.45) is -34.8. The van der Waals surface area contributed by atoms with E-state index < -0.39 is 230 Å². The van der Waals surface area contributed by atoms with Crippen molar-refractivity contribution >= 4 is 22.3 Å². The number of carbonyl (C=O) groups is 2. The van der Waals surface area contributed by atoms with Crippen molar-refractivity contribution in [1.82, 2.24) is 0 Å². The SMILES string of the molecule is C=C(C)CCCC1(C)OC(=O)C23CCC4C(=CCC5C(C)(C)C(OC6OCC(OS(=O)(=O)O)C(O)C6OC6OC(C)C(OC7OC(CO)C(O)C(OC8OC(CO)C(O)C(OC)C8O)C7O)C(O)C6OC6OCC(O)C(O)C6O)CCC45C)C2(C)CC(OC(C)=O)C13. The van der Waals surface area contributed by atoms with Crippen molar-refractivity contribution in [3.05, 3.63) is 23.8 Å². The number of hydrogen-bond acceptors (Lipinski definition) is 29. The molecule has 0 radical (unpaired) electrons. The first-order valence-electron chi connectivity index (χ1n) is 31.9. The van der Waals surface area contributed by atoms with Gasteiger partial charge in [-0.05, 0) is 101 Å². The summed E-state index contributed by atoms with van der Waals surface area (Å²) < 4.78 is 118. The number of ether oxygens (including phenoxy) is 13. The molecular weight excluding hydrogens is 1240 g/mol. The number of rotatable bonds is 20. The minimum Gasteiger partial charge on any atom is -0.462 e. The number of aliphatic hydroxyl groups excluding tert-OH is 11. The lowest BCUT2D eigenvalue weighted by molar-refractivity contribution is -0.403. The third-order valence-electron chi connectivity index (χ3n) is 22.4. The summed E-state index contributed by atoms with van der Waals surface area (Å²) in [4.78, 5) is 27.6. The van der Waals surface area contributed by atoms with E-state index in [1.165, 1.54) is 13.8 Å². The molecule has 32 unspecified atom stereocenters. The van der Waals surface area contributed by atoms with Crippen LogP contribution < -0.4 is 0 Å². The van der Waals surface area contributed by atoms with E-state index in [0.29, 0.717) is 44.9 Å². The van der Waals surface area contributed by atoms with Crippen molar-refractivity contribution in [2.75, 3.05) is 33.5 Å². The Balaban J connectivity index is 0.916. The van der Waals surface area contributed by atoms with Crippen LogP contribution >= 0.6 is 0 Å². The molecule has 4 aliphatic carbocycles. The molecule has 0 bridgehead atoms. The highest BCUT2D eigenvalue weighted by molar-refractivity contribution is 7.80. The molecule has 0 aromatic heterocycles. The van der Waals surface area contributed by atoms with Crippen molar-refractivity contribution in [3.8, 4) is 0 Å². The number of hydrogen-bond donors (Lipinski definition) is 12. The fraction of sp³-hybridized carbons (Fsp3) is 0.902.